The van der Waals surface area contributed by atoms with Gasteiger partial charge in [0.1, 0.15) is 25.1 Å². The van der Waals surface area contributed by atoms with Crippen LogP contribution < -0.4 is 15.2 Å². The average molecular weight is 526 g/mol. The van der Waals surface area contributed by atoms with Crippen LogP contribution in [0.25, 0.3) is 0 Å². The molecule has 11 heteroatoms. The molecule has 3 aromatic rings. The highest BCUT2D eigenvalue weighted by atomic mass is 32.2. The number of rotatable bonds is 0. The first kappa shape index (κ1) is 24.0. The number of carbonyl (C=O) groups is 1. The van der Waals surface area contributed by atoms with Crippen molar-refractivity contribution in [2.45, 2.75) is 16.7 Å². The van der Waals surface area contributed by atoms with Crippen molar-refractivity contribution in [1.29, 1.82) is 0 Å². The van der Waals surface area contributed by atoms with Gasteiger partial charge in [-0.05, 0) is 29.3 Å². The van der Waals surface area contributed by atoms with Crippen molar-refractivity contribution >= 4 is 29.2 Å². The first-order chi connectivity index (χ1) is 16.9. The maximum absolute atomic E-state index is 13.5. The molecule has 36 heavy (non-hydrogen) atoms. The molecule has 1 N–H and O–H groups in total. The van der Waals surface area contributed by atoms with Crippen LogP contribution in [-0.4, -0.2) is 48.8 Å². The second-order valence-corrected chi connectivity index (χ2v) is 10.6. The van der Waals surface area contributed by atoms with Crippen molar-refractivity contribution in [3.8, 4) is 11.5 Å². The number of hydrogen-bond donors (Lipinski definition) is 1. The zero-order valence-electron chi connectivity index (χ0n) is 19.0. The van der Waals surface area contributed by atoms with Crippen LogP contribution in [0.2, 0.25) is 0 Å². The Hall–Kier alpha value is -3.70. The maximum Gasteiger partial charge on any atom is 0.278 e. The van der Waals surface area contributed by atoms with Crippen molar-refractivity contribution in [2.24, 2.45) is 0 Å². The lowest BCUT2D eigenvalue weighted by molar-refractivity contribution is 0.0701. The fourth-order valence-corrected chi connectivity index (χ4v) is 6.67. The van der Waals surface area contributed by atoms with Crippen molar-refractivity contribution < 1.29 is 23.1 Å². The summed E-state index contributed by atoms with van der Waals surface area (Å²) in [6.07, 6.45) is 5.01. The van der Waals surface area contributed by atoms with Gasteiger partial charge in [0.25, 0.3) is 5.91 Å². The van der Waals surface area contributed by atoms with Gasteiger partial charge in [-0.1, -0.05) is 36.4 Å². The molecule has 2 aromatic carbocycles. The van der Waals surface area contributed by atoms with Gasteiger partial charge >= 0.3 is 0 Å². The zero-order valence-corrected chi connectivity index (χ0v) is 20.8. The molecule has 4 heterocycles. The maximum atomic E-state index is 13.5. The fourth-order valence-electron chi connectivity index (χ4n) is 5.03. The molecule has 9 nitrogen and oxygen atoms in total. The Morgan fingerprint density at radius 1 is 1.00 bits per heavy atom. The molecule has 3 aliphatic rings. The molecule has 0 saturated carbocycles. The highest BCUT2D eigenvalue weighted by Crippen LogP contribution is 2.44. The zero-order chi connectivity index (χ0) is 24.3. The van der Waals surface area contributed by atoms with Crippen LogP contribution in [0.5, 0.6) is 11.5 Å². The summed E-state index contributed by atoms with van der Waals surface area (Å²) in [5.41, 5.74) is 0.936. The van der Waals surface area contributed by atoms with E-state index in [1.807, 2.05) is 0 Å². The van der Waals surface area contributed by atoms with Gasteiger partial charge in [0.15, 0.2) is 21.3 Å². The fraction of sp³-hybridized carbons (Fsp3) is 0.200. The van der Waals surface area contributed by atoms with Crippen LogP contribution in [0.15, 0.2) is 76.6 Å². The first-order valence-corrected chi connectivity index (χ1v) is 12.7. The van der Waals surface area contributed by atoms with E-state index in [9.17, 15) is 23.1 Å². The van der Waals surface area contributed by atoms with Crippen molar-refractivity contribution in [2.75, 3.05) is 24.8 Å². The van der Waals surface area contributed by atoms with Gasteiger partial charge < -0.3 is 14.7 Å². The highest BCUT2D eigenvalue weighted by Gasteiger charge is 2.41. The van der Waals surface area contributed by atoms with Crippen LogP contribution in [-0.2, 0) is 15.6 Å². The summed E-state index contributed by atoms with van der Waals surface area (Å²) >= 11 is 0. The number of benzene rings is 2. The summed E-state index contributed by atoms with van der Waals surface area (Å²) in [5.74, 6) is -0.822. The Balaban J connectivity index is 0.00000267. The van der Waals surface area contributed by atoms with Gasteiger partial charge in [-0.2, -0.15) is 13.5 Å². The van der Waals surface area contributed by atoms with Crippen LogP contribution in [0, 0.1) is 0 Å². The van der Waals surface area contributed by atoms with E-state index in [1.54, 1.807) is 59.6 Å². The van der Waals surface area contributed by atoms with E-state index in [1.165, 1.54) is 21.8 Å². The van der Waals surface area contributed by atoms with Crippen LogP contribution in [0.1, 0.15) is 33.2 Å². The van der Waals surface area contributed by atoms with Crippen LogP contribution >= 0.6 is 13.5 Å². The van der Waals surface area contributed by atoms with Gasteiger partial charge in [0, 0.05) is 24.4 Å². The smallest absolute Gasteiger partial charge is 0.278 e. The molecule has 0 saturated heterocycles. The summed E-state index contributed by atoms with van der Waals surface area (Å²) in [6.45, 7) is 0.540. The second kappa shape index (κ2) is 8.75. The molecule has 0 radical (unpaired) electrons. The number of fused-ring (bicyclic) bond motifs is 7. The number of aromatic hydroxyl groups is 1. The molecule has 186 valence electrons. The summed E-state index contributed by atoms with van der Waals surface area (Å²) in [5, 5.41) is 12.4. The molecule has 0 unspecified atom stereocenters. The number of pyridine rings is 1. The summed E-state index contributed by atoms with van der Waals surface area (Å²) in [7, 11) is -3.69. The van der Waals surface area contributed by atoms with Crippen LogP contribution in [0.4, 0.5) is 0 Å². The third-order valence-electron chi connectivity index (χ3n) is 6.59. The lowest BCUT2D eigenvalue weighted by atomic mass is 9.93. The number of aromatic nitrogens is 1. The quantitative estimate of drug-likeness (QED) is 0.448. The third-order valence-corrected chi connectivity index (χ3v) is 8.32. The minimum absolute atomic E-state index is 0. The summed E-state index contributed by atoms with van der Waals surface area (Å²) in [6, 6.07) is 12.6. The average Bonchev–Trinajstić information content (AvgIpc) is 2.95. The standard InChI is InChI=1S/C25H21N3O6S.H2S/c29-18-10-12-27-23(24(18)30)25(31)26-11-3-4-13-34-19-8-5-6-16-14-35(32,33)20-9-2-1-7-17(20)22(21(16)19)28(27)15-26;/h1-10,12,22,30H,11,13-15H2;1H2/b4-3+;/t22-;/m1./s1. The van der Waals surface area contributed by atoms with Gasteiger partial charge in [0.2, 0.25) is 5.43 Å². The van der Waals surface area contributed by atoms with E-state index < -0.39 is 33.0 Å². The predicted octanol–water partition coefficient (Wildman–Crippen LogP) is 2.04. The largest absolute Gasteiger partial charge is 0.502 e. The molecule has 1 amide bonds. The summed E-state index contributed by atoms with van der Waals surface area (Å²) < 4.78 is 34.5. The van der Waals surface area contributed by atoms with E-state index in [4.69, 9.17) is 4.74 Å². The minimum atomic E-state index is -3.69. The Bertz CT molecular complexity index is 1580. The Morgan fingerprint density at radius 3 is 2.64 bits per heavy atom. The van der Waals surface area contributed by atoms with Crippen molar-refractivity contribution in [3.63, 3.8) is 0 Å². The first-order valence-electron chi connectivity index (χ1n) is 11.1. The minimum Gasteiger partial charge on any atom is -0.502 e. The molecule has 0 aliphatic carbocycles. The molecule has 1 aromatic heterocycles. The number of hydrogen-bond acceptors (Lipinski definition) is 7. The monoisotopic (exact) mass is 525 g/mol. The van der Waals surface area contributed by atoms with Gasteiger partial charge in [-0.25, -0.2) is 8.42 Å². The van der Waals surface area contributed by atoms with E-state index >= 15 is 0 Å². The lowest BCUT2D eigenvalue weighted by Crippen LogP contribution is -2.55. The van der Waals surface area contributed by atoms with E-state index in [0.717, 1.165) is 0 Å². The normalized spacial score (nSPS) is 20.3. The molecular formula is C25H23N3O6S2. The SMILES string of the molecule is O=C1c2c(O)c(=O)ccn2N2CN1C/C=C/COc1cccc3c1[C@H]2c1ccccc1S(=O)(=O)C3.S. The highest BCUT2D eigenvalue weighted by molar-refractivity contribution is 7.90. The second-order valence-electron chi connectivity index (χ2n) is 8.64. The number of carbonyl (C=O) groups excluding carboxylic acids is 1. The van der Waals surface area contributed by atoms with Gasteiger partial charge in [0.05, 0.1) is 10.6 Å². The lowest BCUT2D eigenvalue weighted by Gasteiger charge is -2.44. The Labute approximate surface area is 214 Å². The van der Waals surface area contributed by atoms with E-state index in [0.29, 0.717) is 22.4 Å². The number of nitrogens with zero attached hydrogens (tertiary/aromatic N) is 3. The van der Waals surface area contributed by atoms with Crippen molar-refractivity contribution in [1.82, 2.24) is 9.58 Å². The van der Waals surface area contributed by atoms with Crippen molar-refractivity contribution in [3.05, 3.63) is 99.5 Å². The third kappa shape index (κ3) is 3.58. The Morgan fingerprint density at radius 2 is 1.81 bits per heavy atom. The molecule has 1 atom stereocenters. The topological polar surface area (TPSA) is 109 Å². The molecule has 2 bridgehead atoms. The summed E-state index contributed by atoms with van der Waals surface area (Å²) in [4.78, 5) is 27.3. The molecule has 0 fully saturated rings. The Kier molecular flexibility index (Phi) is 5.84. The number of amides is 1. The van der Waals surface area contributed by atoms with E-state index in [2.05, 4.69) is 0 Å². The molecule has 3 aliphatic heterocycles. The number of sulfone groups is 1. The molecule has 6 rings (SSSR count). The van der Waals surface area contributed by atoms with Gasteiger partial charge in [-0.3, -0.25) is 19.3 Å². The van der Waals surface area contributed by atoms with E-state index in [-0.39, 0.29) is 49.7 Å². The molecule has 0 spiro atoms. The molecular weight excluding hydrogens is 502 g/mol. The predicted molar refractivity (Wildman–Crippen MR) is 137 cm³/mol. The van der Waals surface area contributed by atoms with Gasteiger partial charge in [-0.15, -0.1) is 0 Å². The number of ether oxygens (including phenoxy) is 1. The van der Waals surface area contributed by atoms with Crippen LogP contribution in [0.3, 0.4) is 0 Å².